The molecule has 66 valence electrons. The second kappa shape index (κ2) is 5.97. The Labute approximate surface area is 67.1 Å². The van der Waals surface area contributed by atoms with E-state index < -0.39 is 6.09 Å². The van der Waals surface area contributed by atoms with E-state index in [0.29, 0.717) is 6.54 Å². The van der Waals surface area contributed by atoms with E-state index >= 15 is 0 Å². The van der Waals surface area contributed by atoms with Crippen LogP contribution in [0.4, 0.5) is 4.79 Å². The van der Waals surface area contributed by atoms with Crippen LogP contribution in [0.5, 0.6) is 0 Å². The van der Waals surface area contributed by atoms with E-state index in [9.17, 15) is 4.79 Å². The molecule has 0 saturated carbocycles. The summed E-state index contributed by atoms with van der Waals surface area (Å²) < 4.78 is 4.42. The normalized spacial score (nSPS) is 12.3. The van der Waals surface area contributed by atoms with Crippen LogP contribution >= 0.6 is 0 Å². The standard InChI is InChI=1S/C7H16N2O2/c1-3-4-6(5-8)9-7(10)11-2/h6H,3-5,8H2,1-2H3,(H,9,10). The molecule has 1 atom stereocenters. The van der Waals surface area contributed by atoms with Crippen molar-refractivity contribution in [2.45, 2.75) is 25.8 Å². The summed E-state index contributed by atoms with van der Waals surface area (Å²) in [6, 6.07) is 0.0486. The fraction of sp³-hybridized carbons (Fsp3) is 0.857. The molecule has 0 fully saturated rings. The molecule has 0 aliphatic heterocycles. The fourth-order valence-electron chi connectivity index (χ4n) is 0.823. The maximum absolute atomic E-state index is 10.7. The molecule has 4 nitrogen and oxygen atoms in total. The quantitative estimate of drug-likeness (QED) is 0.628. The van der Waals surface area contributed by atoms with Crippen molar-refractivity contribution in [2.75, 3.05) is 13.7 Å². The lowest BCUT2D eigenvalue weighted by Crippen LogP contribution is -2.39. The third-order valence-corrected chi connectivity index (χ3v) is 1.43. The predicted molar refractivity (Wildman–Crippen MR) is 43.3 cm³/mol. The molecule has 0 radical (unpaired) electrons. The second-order valence-electron chi connectivity index (χ2n) is 2.36. The summed E-state index contributed by atoms with van der Waals surface area (Å²) >= 11 is 0. The fourth-order valence-corrected chi connectivity index (χ4v) is 0.823. The predicted octanol–water partition coefficient (Wildman–Crippen LogP) is 0.470. The average molecular weight is 160 g/mol. The molecule has 0 aliphatic rings. The van der Waals surface area contributed by atoms with Crippen LogP contribution in [0.1, 0.15) is 19.8 Å². The van der Waals surface area contributed by atoms with E-state index in [2.05, 4.69) is 10.1 Å². The van der Waals surface area contributed by atoms with Gasteiger partial charge in [0.1, 0.15) is 0 Å². The number of methoxy groups -OCH3 is 1. The van der Waals surface area contributed by atoms with Gasteiger partial charge in [-0.2, -0.15) is 0 Å². The molecule has 0 aromatic carbocycles. The molecule has 0 spiro atoms. The van der Waals surface area contributed by atoms with Gasteiger partial charge in [-0.05, 0) is 6.42 Å². The summed E-state index contributed by atoms with van der Waals surface area (Å²) in [5.74, 6) is 0. The molecular weight excluding hydrogens is 144 g/mol. The molecule has 0 heterocycles. The van der Waals surface area contributed by atoms with Crippen LogP contribution in [-0.2, 0) is 4.74 Å². The third-order valence-electron chi connectivity index (χ3n) is 1.43. The number of carbonyl (C=O) groups excluding carboxylic acids is 1. The Bertz CT molecular complexity index is 117. The van der Waals surface area contributed by atoms with Gasteiger partial charge in [0.15, 0.2) is 0 Å². The SMILES string of the molecule is CCCC(CN)NC(=O)OC. The third kappa shape index (κ3) is 4.61. The number of alkyl carbamates (subject to hydrolysis) is 1. The zero-order valence-electron chi connectivity index (χ0n) is 7.09. The van der Waals surface area contributed by atoms with E-state index in [-0.39, 0.29) is 6.04 Å². The van der Waals surface area contributed by atoms with Gasteiger partial charge in [0, 0.05) is 12.6 Å². The van der Waals surface area contributed by atoms with Gasteiger partial charge in [-0.3, -0.25) is 0 Å². The highest BCUT2D eigenvalue weighted by atomic mass is 16.5. The highest BCUT2D eigenvalue weighted by molar-refractivity contribution is 5.67. The van der Waals surface area contributed by atoms with Crippen molar-refractivity contribution in [2.24, 2.45) is 5.73 Å². The Hall–Kier alpha value is -0.770. The number of nitrogens with two attached hydrogens (primary N) is 1. The van der Waals surface area contributed by atoms with Crippen LogP contribution in [-0.4, -0.2) is 25.8 Å². The summed E-state index contributed by atoms with van der Waals surface area (Å²) in [5.41, 5.74) is 5.39. The summed E-state index contributed by atoms with van der Waals surface area (Å²) in [4.78, 5) is 10.7. The lowest BCUT2D eigenvalue weighted by atomic mass is 10.2. The Morgan fingerprint density at radius 1 is 1.73 bits per heavy atom. The molecule has 0 aromatic heterocycles. The van der Waals surface area contributed by atoms with Crippen molar-refractivity contribution >= 4 is 6.09 Å². The van der Waals surface area contributed by atoms with Gasteiger partial charge in [0.2, 0.25) is 0 Å². The average Bonchev–Trinajstić information content (AvgIpc) is 2.03. The molecular formula is C7H16N2O2. The van der Waals surface area contributed by atoms with Crippen molar-refractivity contribution in [3.8, 4) is 0 Å². The Morgan fingerprint density at radius 2 is 2.36 bits per heavy atom. The van der Waals surface area contributed by atoms with Crippen LogP contribution in [0.3, 0.4) is 0 Å². The van der Waals surface area contributed by atoms with Crippen LogP contribution in [0.2, 0.25) is 0 Å². The van der Waals surface area contributed by atoms with Crippen LogP contribution in [0.15, 0.2) is 0 Å². The number of nitrogens with one attached hydrogen (secondary N) is 1. The van der Waals surface area contributed by atoms with Gasteiger partial charge in [0.05, 0.1) is 7.11 Å². The van der Waals surface area contributed by atoms with Crippen molar-refractivity contribution in [1.82, 2.24) is 5.32 Å². The first-order valence-electron chi connectivity index (χ1n) is 3.79. The maximum Gasteiger partial charge on any atom is 0.407 e. The van der Waals surface area contributed by atoms with Gasteiger partial charge in [-0.1, -0.05) is 13.3 Å². The number of carbonyl (C=O) groups is 1. The van der Waals surface area contributed by atoms with Gasteiger partial charge in [0.25, 0.3) is 0 Å². The molecule has 3 N–H and O–H groups in total. The topological polar surface area (TPSA) is 64.3 Å². The highest BCUT2D eigenvalue weighted by Gasteiger charge is 2.08. The monoisotopic (exact) mass is 160 g/mol. The lowest BCUT2D eigenvalue weighted by molar-refractivity contribution is 0.166. The molecule has 1 amide bonds. The zero-order chi connectivity index (χ0) is 8.69. The van der Waals surface area contributed by atoms with Gasteiger partial charge >= 0.3 is 6.09 Å². The number of amides is 1. The van der Waals surface area contributed by atoms with E-state index in [1.807, 2.05) is 6.92 Å². The van der Waals surface area contributed by atoms with Crippen LogP contribution < -0.4 is 11.1 Å². The molecule has 1 unspecified atom stereocenters. The van der Waals surface area contributed by atoms with Crippen LogP contribution in [0, 0.1) is 0 Å². The van der Waals surface area contributed by atoms with E-state index in [4.69, 9.17) is 5.73 Å². The Kier molecular flexibility index (Phi) is 5.56. The van der Waals surface area contributed by atoms with Crippen molar-refractivity contribution in [1.29, 1.82) is 0 Å². The summed E-state index contributed by atoms with van der Waals surface area (Å²) in [5, 5.41) is 2.63. The van der Waals surface area contributed by atoms with Crippen molar-refractivity contribution in [3.63, 3.8) is 0 Å². The molecule has 0 rings (SSSR count). The second-order valence-corrected chi connectivity index (χ2v) is 2.36. The minimum atomic E-state index is -0.408. The number of hydrogen-bond donors (Lipinski definition) is 2. The largest absolute Gasteiger partial charge is 0.453 e. The Balaban J connectivity index is 3.58. The minimum Gasteiger partial charge on any atom is -0.453 e. The minimum absolute atomic E-state index is 0.0486. The molecule has 0 aliphatic carbocycles. The molecule has 0 aromatic rings. The van der Waals surface area contributed by atoms with E-state index in [1.54, 1.807) is 0 Å². The molecule has 11 heavy (non-hydrogen) atoms. The first kappa shape index (κ1) is 10.2. The number of hydrogen-bond acceptors (Lipinski definition) is 3. The van der Waals surface area contributed by atoms with Gasteiger partial charge in [-0.25, -0.2) is 4.79 Å². The summed E-state index contributed by atoms with van der Waals surface area (Å²) in [7, 11) is 1.34. The van der Waals surface area contributed by atoms with E-state index in [1.165, 1.54) is 7.11 Å². The van der Waals surface area contributed by atoms with E-state index in [0.717, 1.165) is 12.8 Å². The zero-order valence-corrected chi connectivity index (χ0v) is 7.09. The van der Waals surface area contributed by atoms with Crippen LogP contribution in [0.25, 0.3) is 0 Å². The summed E-state index contributed by atoms with van der Waals surface area (Å²) in [6.45, 7) is 2.50. The number of ether oxygens (including phenoxy) is 1. The summed E-state index contributed by atoms with van der Waals surface area (Å²) in [6.07, 6.45) is 1.49. The van der Waals surface area contributed by atoms with Crippen molar-refractivity contribution in [3.05, 3.63) is 0 Å². The number of rotatable bonds is 4. The maximum atomic E-state index is 10.7. The molecule has 0 bridgehead atoms. The van der Waals surface area contributed by atoms with Gasteiger partial charge in [-0.15, -0.1) is 0 Å². The highest BCUT2D eigenvalue weighted by Crippen LogP contribution is 1.94. The smallest absolute Gasteiger partial charge is 0.407 e. The first-order valence-corrected chi connectivity index (χ1v) is 3.79. The van der Waals surface area contributed by atoms with Gasteiger partial charge < -0.3 is 15.8 Å². The lowest BCUT2D eigenvalue weighted by Gasteiger charge is -2.14. The molecule has 4 heteroatoms. The Morgan fingerprint density at radius 3 is 2.73 bits per heavy atom. The van der Waals surface area contributed by atoms with Crippen molar-refractivity contribution < 1.29 is 9.53 Å². The first-order chi connectivity index (χ1) is 5.24. The molecule has 0 saturated heterocycles.